The van der Waals surface area contributed by atoms with Crippen LogP contribution in [-0.2, 0) is 0 Å². The highest BCUT2D eigenvalue weighted by Crippen LogP contribution is 2.39. The van der Waals surface area contributed by atoms with E-state index >= 15 is 0 Å². The summed E-state index contributed by atoms with van der Waals surface area (Å²) in [5.74, 6) is 1.28. The van der Waals surface area contributed by atoms with Crippen LogP contribution in [0.4, 0.5) is 0 Å². The van der Waals surface area contributed by atoms with E-state index in [1.165, 1.54) is 0 Å². The van der Waals surface area contributed by atoms with Gasteiger partial charge >= 0.3 is 0 Å². The van der Waals surface area contributed by atoms with Crippen LogP contribution in [0, 0.1) is 0 Å². The average molecular weight is 719 g/mol. The van der Waals surface area contributed by atoms with Crippen LogP contribution >= 0.6 is 0 Å². The monoisotopic (exact) mass is 718 g/mol. The van der Waals surface area contributed by atoms with Gasteiger partial charge in [0.1, 0.15) is 22.3 Å². The molecule has 0 spiro atoms. The Kier molecular flexibility index (Phi) is 7.38. The molecule has 11 rings (SSSR count). The Hall–Kier alpha value is -7.70. The lowest BCUT2D eigenvalue weighted by molar-refractivity contribution is 0.668. The summed E-state index contributed by atoms with van der Waals surface area (Å²) in [6.07, 6.45) is 3.52. The summed E-state index contributed by atoms with van der Waals surface area (Å²) in [6, 6.07) is 58.2. The van der Waals surface area contributed by atoms with Crippen molar-refractivity contribution in [2.75, 3.05) is 0 Å². The third-order valence-electron chi connectivity index (χ3n) is 10.4. The zero-order chi connectivity index (χ0) is 37.0. The highest BCUT2D eigenvalue weighted by molar-refractivity contribution is 6.07. The summed E-state index contributed by atoms with van der Waals surface area (Å²) in [5, 5.41) is 4.32. The third kappa shape index (κ3) is 5.60. The summed E-state index contributed by atoms with van der Waals surface area (Å²) in [6.45, 7) is 0. The second kappa shape index (κ2) is 13.0. The molecule has 0 amide bonds. The molecule has 0 unspecified atom stereocenters. The standard InChI is InChI=1S/C50H30N4O2/c1-2-10-31(11-3-1)43-30-44(34-12-8-13-35(24-34)49-51-22-9-23-52-49)54-50(53-43)38-26-36(32-18-20-47-41(28-32)39-14-4-6-16-45(39)55-47)25-37(27-38)33-19-21-48-42(29-33)40-15-5-7-17-46(40)56-48/h1-30H. The molecule has 11 aromatic rings. The van der Waals surface area contributed by atoms with Gasteiger partial charge in [-0.15, -0.1) is 0 Å². The number of furan rings is 2. The van der Waals surface area contributed by atoms with Crippen LogP contribution in [0.1, 0.15) is 0 Å². The first-order chi connectivity index (χ1) is 27.7. The van der Waals surface area contributed by atoms with Crippen molar-refractivity contribution in [1.29, 1.82) is 0 Å². The molecule has 56 heavy (non-hydrogen) atoms. The second-order valence-corrected chi connectivity index (χ2v) is 13.9. The second-order valence-electron chi connectivity index (χ2n) is 13.9. The normalized spacial score (nSPS) is 11.6. The molecule has 6 heteroatoms. The van der Waals surface area contributed by atoms with Gasteiger partial charge in [0.15, 0.2) is 11.6 Å². The van der Waals surface area contributed by atoms with Gasteiger partial charge in [0, 0.05) is 56.2 Å². The third-order valence-corrected chi connectivity index (χ3v) is 10.4. The number of para-hydroxylation sites is 2. The molecule has 0 N–H and O–H groups in total. The fraction of sp³-hybridized carbons (Fsp3) is 0. The molecule has 0 saturated heterocycles. The van der Waals surface area contributed by atoms with Gasteiger partial charge in [0.25, 0.3) is 0 Å². The lowest BCUT2D eigenvalue weighted by Gasteiger charge is -2.13. The number of fused-ring (bicyclic) bond motifs is 6. The summed E-state index contributed by atoms with van der Waals surface area (Å²) in [5.41, 5.74) is 13.1. The molecule has 6 nitrogen and oxygen atoms in total. The zero-order valence-electron chi connectivity index (χ0n) is 29.9. The van der Waals surface area contributed by atoms with E-state index in [-0.39, 0.29) is 0 Å². The van der Waals surface area contributed by atoms with Gasteiger partial charge in [-0.3, -0.25) is 0 Å². The topological polar surface area (TPSA) is 77.8 Å². The van der Waals surface area contributed by atoms with Crippen LogP contribution < -0.4 is 0 Å². The fourth-order valence-corrected chi connectivity index (χ4v) is 7.65. The van der Waals surface area contributed by atoms with Crippen LogP contribution in [-0.4, -0.2) is 19.9 Å². The van der Waals surface area contributed by atoms with Crippen molar-refractivity contribution in [2.24, 2.45) is 0 Å². The number of benzene rings is 7. The van der Waals surface area contributed by atoms with Crippen molar-refractivity contribution < 1.29 is 8.83 Å². The Bertz CT molecular complexity index is 3130. The van der Waals surface area contributed by atoms with E-state index in [4.69, 9.17) is 18.8 Å². The lowest BCUT2D eigenvalue weighted by Crippen LogP contribution is -1.97. The minimum Gasteiger partial charge on any atom is -0.456 e. The lowest BCUT2D eigenvalue weighted by atomic mass is 9.94. The van der Waals surface area contributed by atoms with Crippen LogP contribution in [0.15, 0.2) is 191 Å². The molecule has 0 atom stereocenters. The number of aromatic nitrogens is 4. The first-order valence-corrected chi connectivity index (χ1v) is 18.5. The summed E-state index contributed by atoms with van der Waals surface area (Å²) in [7, 11) is 0. The molecule has 0 aliphatic heterocycles. The van der Waals surface area contributed by atoms with E-state index < -0.39 is 0 Å². The van der Waals surface area contributed by atoms with Gasteiger partial charge in [-0.1, -0.05) is 97.1 Å². The minimum atomic E-state index is 0.621. The molecule has 4 heterocycles. The molecule has 7 aromatic carbocycles. The molecule has 4 aromatic heterocycles. The molecule has 0 fully saturated rings. The summed E-state index contributed by atoms with van der Waals surface area (Å²) in [4.78, 5) is 19.5. The molecular formula is C50H30N4O2. The van der Waals surface area contributed by atoms with Crippen molar-refractivity contribution in [2.45, 2.75) is 0 Å². The Morgan fingerprint density at radius 1 is 0.286 bits per heavy atom. The molecule has 0 radical (unpaired) electrons. The van der Waals surface area contributed by atoms with E-state index in [0.717, 1.165) is 99.8 Å². The van der Waals surface area contributed by atoms with Crippen LogP contribution in [0.25, 0.3) is 111 Å². The predicted molar refractivity (Wildman–Crippen MR) is 225 cm³/mol. The summed E-state index contributed by atoms with van der Waals surface area (Å²) < 4.78 is 12.4. The van der Waals surface area contributed by atoms with E-state index in [0.29, 0.717) is 11.6 Å². The predicted octanol–water partition coefficient (Wildman–Crippen LogP) is 13.1. The number of hydrogen-bond acceptors (Lipinski definition) is 6. The molecular weight excluding hydrogens is 689 g/mol. The van der Waals surface area contributed by atoms with E-state index in [1.54, 1.807) is 12.4 Å². The van der Waals surface area contributed by atoms with Crippen molar-refractivity contribution in [3.05, 3.63) is 182 Å². The largest absolute Gasteiger partial charge is 0.456 e. The van der Waals surface area contributed by atoms with Crippen molar-refractivity contribution >= 4 is 43.9 Å². The van der Waals surface area contributed by atoms with Crippen molar-refractivity contribution in [3.63, 3.8) is 0 Å². The van der Waals surface area contributed by atoms with Gasteiger partial charge < -0.3 is 8.83 Å². The van der Waals surface area contributed by atoms with Gasteiger partial charge in [-0.25, -0.2) is 19.9 Å². The van der Waals surface area contributed by atoms with Gasteiger partial charge in [0.05, 0.1) is 11.4 Å². The fourth-order valence-electron chi connectivity index (χ4n) is 7.65. The average Bonchev–Trinajstić information content (AvgIpc) is 3.84. The number of hydrogen-bond donors (Lipinski definition) is 0. The van der Waals surface area contributed by atoms with E-state index in [1.807, 2.05) is 60.7 Å². The molecule has 0 saturated carbocycles. The Morgan fingerprint density at radius 3 is 1.43 bits per heavy atom. The molecule has 0 aliphatic rings. The molecule has 262 valence electrons. The maximum absolute atomic E-state index is 6.21. The Morgan fingerprint density at radius 2 is 0.786 bits per heavy atom. The van der Waals surface area contributed by atoms with Gasteiger partial charge in [0.2, 0.25) is 0 Å². The minimum absolute atomic E-state index is 0.621. The number of rotatable bonds is 6. The SMILES string of the molecule is c1ccc(-c2cc(-c3cccc(-c4ncccn4)c3)nc(-c3cc(-c4ccc5oc6ccccc6c5c4)cc(-c4ccc5oc6ccccc6c5c4)c3)n2)cc1. The Balaban J connectivity index is 1.13. The smallest absolute Gasteiger partial charge is 0.160 e. The Labute approximate surface area is 321 Å². The van der Waals surface area contributed by atoms with Crippen molar-refractivity contribution in [3.8, 4) is 67.5 Å². The van der Waals surface area contributed by atoms with Crippen LogP contribution in [0.3, 0.4) is 0 Å². The van der Waals surface area contributed by atoms with Crippen LogP contribution in [0.5, 0.6) is 0 Å². The quantitative estimate of drug-likeness (QED) is 0.170. The number of nitrogens with zero attached hydrogens (tertiary/aromatic N) is 4. The van der Waals surface area contributed by atoms with E-state index in [9.17, 15) is 0 Å². The van der Waals surface area contributed by atoms with Crippen molar-refractivity contribution in [1.82, 2.24) is 19.9 Å². The van der Waals surface area contributed by atoms with E-state index in [2.05, 4.69) is 119 Å². The highest BCUT2D eigenvalue weighted by atomic mass is 16.3. The molecule has 0 aliphatic carbocycles. The summed E-state index contributed by atoms with van der Waals surface area (Å²) >= 11 is 0. The van der Waals surface area contributed by atoms with Crippen LogP contribution in [0.2, 0.25) is 0 Å². The maximum Gasteiger partial charge on any atom is 0.160 e. The zero-order valence-corrected chi connectivity index (χ0v) is 29.9. The maximum atomic E-state index is 6.21. The van der Waals surface area contributed by atoms with Gasteiger partial charge in [-0.2, -0.15) is 0 Å². The highest BCUT2D eigenvalue weighted by Gasteiger charge is 2.17. The van der Waals surface area contributed by atoms with Gasteiger partial charge in [-0.05, 0) is 95.1 Å². The molecule has 0 bridgehead atoms. The first-order valence-electron chi connectivity index (χ1n) is 18.5. The first kappa shape index (κ1) is 31.8.